The lowest BCUT2D eigenvalue weighted by Gasteiger charge is -2.12. The number of methoxy groups -OCH3 is 1. The van der Waals surface area contributed by atoms with Gasteiger partial charge in [-0.2, -0.15) is 0 Å². The lowest BCUT2D eigenvalue weighted by atomic mass is 10.2. The van der Waals surface area contributed by atoms with Gasteiger partial charge in [0, 0.05) is 12.7 Å². The van der Waals surface area contributed by atoms with E-state index in [9.17, 15) is 0 Å². The van der Waals surface area contributed by atoms with E-state index < -0.39 is 0 Å². The van der Waals surface area contributed by atoms with E-state index in [-0.39, 0.29) is 0 Å². The van der Waals surface area contributed by atoms with Crippen LogP contribution in [0.15, 0.2) is 47.6 Å². The average molecular weight is 342 g/mol. The molecule has 2 rings (SSSR count). The molecule has 6 heteroatoms. The van der Waals surface area contributed by atoms with Gasteiger partial charge in [-0.1, -0.05) is 12.1 Å². The summed E-state index contributed by atoms with van der Waals surface area (Å²) in [5.74, 6) is 2.22. The molecular formula is C19H26N4O2. The second kappa shape index (κ2) is 10.2. The number of nitrogens with one attached hydrogen (secondary N) is 2. The summed E-state index contributed by atoms with van der Waals surface area (Å²) in [5, 5.41) is 6.53. The van der Waals surface area contributed by atoms with Gasteiger partial charge in [-0.15, -0.1) is 0 Å². The van der Waals surface area contributed by atoms with E-state index in [4.69, 9.17) is 9.47 Å². The number of hydrogen-bond acceptors (Lipinski definition) is 4. The molecule has 1 aromatic carbocycles. The topological polar surface area (TPSA) is 67.8 Å². The highest BCUT2D eigenvalue weighted by Crippen LogP contribution is 2.28. The maximum absolute atomic E-state index is 5.54. The summed E-state index contributed by atoms with van der Waals surface area (Å²) in [6.07, 6.45) is 1.79. The molecule has 0 spiro atoms. The fourth-order valence-corrected chi connectivity index (χ4v) is 2.27. The minimum atomic E-state index is 0.542. The molecule has 0 fully saturated rings. The lowest BCUT2D eigenvalue weighted by molar-refractivity contribution is 0.310. The second-order valence-electron chi connectivity index (χ2n) is 5.29. The van der Waals surface area contributed by atoms with Gasteiger partial charge >= 0.3 is 0 Å². The molecule has 1 aromatic heterocycles. The van der Waals surface area contributed by atoms with Crippen LogP contribution in [0.5, 0.6) is 11.5 Å². The molecule has 0 aliphatic rings. The maximum atomic E-state index is 5.54. The zero-order chi connectivity index (χ0) is 17.9. The first kappa shape index (κ1) is 18.6. The van der Waals surface area contributed by atoms with Crippen molar-refractivity contribution in [1.82, 2.24) is 15.6 Å². The molecule has 0 amide bonds. The summed E-state index contributed by atoms with van der Waals surface area (Å²) in [5.41, 5.74) is 2.02. The summed E-state index contributed by atoms with van der Waals surface area (Å²) >= 11 is 0. The van der Waals surface area contributed by atoms with Crippen molar-refractivity contribution in [3.05, 3.63) is 53.9 Å². The number of benzene rings is 1. The molecule has 6 nitrogen and oxygen atoms in total. The van der Waals surface area contributed by atoms with Crippen molar-refractivity contribution in [2.75, 3.05) is 20.3 Å². The minimum absolute atomic E-state index is 0.542. The highest BCUT2D eigenvalue weighted by molar-refractivity contribution is 5.79. The van der Waals surface area contributed by atoms with E-state index in [2.05, 4.69) is 20.6 Å². The highest BCUT2D eigenvalue weighted by atomic mass is 16.5. The van der Waals surface area contributed by atoms with Crippen molar-refractivity contribution < 1.29 is 9.47 Å². The van der Waals surface area contributed by atoms with Crippen molar-refractivity contribution in [2.45, 2.75) is 26.9 Å². The zero-order valence-electron chi connectivity index (χ0n) is 15.1. The lowest BCUT2D eigenvalue weighted by Crippen LogP contribution is -2.37. The smallest absolute Gasteiger partial charge is 0.191 e. The van der Waals surface area contributed by atoms with Gasteiger partial charge in [0.1, 0.15) is 0 Å². The van der Waals surface area contributed by atoms with E-state index in [1.54, 1.807) is 13.3 Å². The summed E-state index contributed by atoms with van der Waals surface area (Å²) < 4.78 is 10.9. The standard InChI is InChI=1S/C19H26N4O2/c1-4-20-19(23-14-16-8-6-7-11-21-16)22-13-15-9-10-17(25-5-2)18(12-15)24-3/h6-12H,4-5,13-14H2,1-3H3,(H2,20,22,23). The predicted molar refractivity (Wildman–Crippen MR) is 100 cm³/mol. The number of pyridine rings is 1. The Morgan fingerprint density at radius 1 is 1.12 bits per heavy atom. The Morgan fingerprint density at radius 2 is 2.00 bits per heavy atom. The van der Waals surface area contributed by atoms with E-state index in [1.807, 2.05) is 50.2 Å². The summed E-state index contributed by atoms with van der Waals surface area (Å²) in [4.78, 5) is 8.92. The third-order valence-electron chi connectivity index (χ3n) is 3.45. The van der Waals surface area contributed by atoms with Crippen LogP contribution in [0.1, 0.15) is 25.1 Å². The van der Waals surface area contributed by atoms with Crippen LogP contribution in [0.3, 0.4) is 0 Å². The Kier molecular flexibility index (Phi) is 7.56. The van der Waals surface area contributed by atoms with E-state index in [0.717, 1.165) is 35.3 Å². The third-order valence-corrected chi connectivity index (χ3v) is 3.45. The van der Waals surface area contributed by atoms with E-state index in [1.165, 1.54) is 0 Å². The first-order chi connectivity index (χ1) is 12.3. The van der Waals surface area contributed by atoms with Crippen LogP contribution in [0.25, 0.3) is 0 Å². The molecule has 0 atom stereocenters. The fraction of sp³-hybridized carbons (Fsp3) is 0.368. The quantitative estimate of drug-likeness (QED) is 0.570. The number of guanidine groups is 1. The average Bonchev–Trinajstić information content (AvgIpc) is 2.66. The molecule has 0 aliphatic heterocycles. The van der Waals surface area contributed by atoms with Gasteiger partial charge in [0.05, 0.1) is 32.5 Å². The summed E-state index contributed by atoms with van der Waals surface area (Å²) in [7, 11) is 1.64. The van der Waals surface area contributed by atoms with Crippen molar-refractivity contribution in [3.63, 3.8) is 0 Å². The monoisotopic (exact) mass is 342 g/mol. The van der Waals surface area contributed by atoms with Gasteiger partial charge in [0.15, 0.2) is 17.5 Å². The molecule has 134 valence electrons. The van der Waals surface area contributed by atoms with Crippen molar-refractivity contribution >= 4 is 5.96 Å². The number of nitrogens with zero attached hydrogens (tertiary/aromatic N) is 2. The molecule has 0 radical (unpaired) electrons. The Morgan fingerprint density at radius 3 is 2.68 bits per heavy atom. The first-order valence-electron chi connectivity index (χ1n) is 8.48. The van der Waals surface area contributed by atoms with Crippen LogP contribution >= 0.6 is 0 Å². The molecule has 2 aromatic rings. The SMILES string of the molecule is CCNC(=NCc1ccc(OCC)c(OC)c1)NCc1ccccn1. The van der Waals surface area contributed by atoms with Crippen LogP contribution < -0.4 is 20.1 Å². The Balaban J connectivity index is 2.02. The van der Waals surface area contributed by atoms with E-state index >= 15 is 0 Å². The van der Waals surface area contributed by atoms with Crippen LogP contribution in [-0.4, -0.2) is 31.2 Å². The van der Waals surface area contributed by atoms with Gasteiger partial charge in [-0.3, -0.25) is 4.98 Å². The van der Waals surface area contributed by atoms with Gasteiger partial charge in [0.2, 0.25) is 0 Å². The van der Waals surface area contributed by atoms with Crippen LogP contribution in [0, 0.1) is 0 Å². The van der Waals surface area contributed by atoms with Gasteiger partial charge in [-0.25, -0.2) is 4.99 Å². The molecule has 0 saturated heterocycles. The molecular weight excluding hydrogens is 316 g/mol. The fourth-order valence-electron chi connectivity index (χ4n) is 2.27. The van der Waals surface area contributed by atoms with Crippen LogP contribution in [0.2, 0.25) is 0 Å². The molecule has 1 heterocycles. The predicted octanol–water partition coefficient (Wildman–Crippen LogP) is 2.74. The number of aliphatic imine (C=N–C) groups is 1. The molecule has 0 unspecified atom stereocenters. The van der Waals surface area contributed by atoms with Crippen molar-refractivity contribution in [1.29, 1.82) is 0 Å². The van der Waals surface area contributed by atoms with Gasteiger partial charge in [-0.05, 0) is 43.7 Å². The minimum Gasteiger partial charge on any atom is -0.493 e. The maximum Gasteiger partial charge on any atom is 0.191 e. The Hall–Kier alpha value is -2.76. The van der Waals surface area contributed by atoms with Crippen molar-refractivity contribution in [2.24, 2.45) is 4.99 Å². The van der Waals surface area contributed by atoms with Crippen LogP contribution in [-0.2, 0) is 13.1 Å². The highest BCUT2D eigenvalue weighted by Gasteiger charge is 2.05. The van der Waals surface area contributed by atoms with Crippen molar-refractivity contribution in [3.8, 4) is 11.5 Å². The molecule has 25 heavy (non-hydrogen) atoms. The molecule has 2 N–H and O–H groups in total. The molecule has 0 aliphatic carbocycles. The van der Waals surface area contributed by atoms with Gasteiger partial charge in [0.25, 0.3) is 0 Å². The second-order valence-corrected chi connectivity index (χ2v) is 5.29. The largest absolute Gasteiger partial charge is 0.493 e. The number of rotatable bonds is 8. The molecule has 0 bridgehead atoms. The number of ether oxygens (including phenoxy) is 2. The normalized spacial score (nSPS) is 11.1. The Bertz CT molecular complexity index is 674. The molecule has 0 saturated carbocycles. The summed E-state index contributed by atoms with van der Waals surface area (Å²) in [6.45, 7) is 6.56. The Labute approximate surface area is 149 Å². The van der Waals surface area contributed by atoms with E-state index in [0.29, 0.717) is 19.7 Å². The third kappa shape index (κ3) is 5.99. The van der Waals surface area contributed by atoms with Crippen LogP contribution in [0.4, 0.5) is 0 Å². The summed E-state index contributed by atoms with van der Waals surface area (Å²) in [6, 6.07) is 11.7. The first-order valence-corrected chi connectivity index (χ1v) is 8.48. The number of hydrogen-bond donors (Lipinski definition) is 2. The van der Waals surface area contributed by atoms with Gasteiger partial charge < -0.3 is 20.1 Å². The zero-order valence-corrected chi connectivity index (χ0v) is 15.1. The number of aromatic nitrogens is 1.